The van der Waals surface area contributed by atoms with Crippen LogP contribution in [0.15, 0.2) is 65.7 Å². The molecule has 1 aliphatic rings. The van der Waals surface area contributed by atoms with E-state index in [1.807, 2.05) is 14.1 Å². The highest BCUT2D eigenvalue weighted by molar-refractivity contribution is 7.90. The summed E-state index contributed by atoms with van der Waals surface area (Å²) in [5.41, 5.74) is 1.83. The highest BCUT2D eigenvalue weighted by Crippen LogP contribution is 2.32. The molecule has 0 bridgehead atoms. The molecule has 1 aliphatic carbocycles. The van der Waals surface area contributed by atoms with Gasteiger partial charge in [-0.1, -0.05) is 30.0 Å². The van der Waals surface area contributed by atoms with Gasteiger partial charge in [0.05, 0.1) is 16.3 Å². The van der Waals surface area contributed by atoms with E-state index in [4.69, 9.17) is 0 Å². The summed E-state index contributed by atoms with van der Waals surface area (Å²) >= 11 is 0. The molecule has 1 saturated carbocycles. The van der Waals surface area contributed by atoms with Crippen LogP contribution in [0.1, 0.15) is 18.4 Å². The number of hydrogen-bond donors (Lipinski definition) is 0. The van der Waals surface area contributed by atoms with Crippen LogP contribution in [0.2, 0.25) is 0 Å². The maximum Gasteiger partial charge on any atom is 0.268 e. The van der Waals surface area contributed by atoms with Gasteiger partial charge in [0.15, 0.2) is 0 Å². The summed E-state index contributed by atoms with van der Waals surface area (Å²) in [5, 5.41) is 0. The van der Waals surface area contributed by atoms with Crippen molar-refractivity contribution < 1.29 is 12.8 Å². The van der Waals surface area contributed by atoms with Gasteiger partial charge in [-0.25, -0.2) is 16.8 Å². The van der Waals surface area contributed by atoms with Gasteiger partial charge >= 0.3 is 0 Å². The van der Waals surface area contributed by atoms with E-state index in [0.717, 1.165) is 16.8 Å². The Bertz CT molecular complexity index is 1240. The molecule has 0 aliphatic heterocycles. The van der Waals surface area contributed by atoms with E-state index in [-0.39, 0.29) is 28.6 Å². The number of benzene rings is 2. The maximum atomic E-state index is 14.5. The molecule has 7 heteroatoms. The van der Waals surface area contributed by atoms with Crippen LogP contribution in [-0.2, 0) is 10.0 Å². The lowest BCUT2D eigenvalue weighted by molar-refractivity contribution is 0.587. The Morgan fingerprint density at radius 1 is 1.07 bits per heavy atom. The first kappa shape index (κ1) is 21.9. The first-order valence-corrected chi connectivity index (χ1v) is 10.8. The van der Waals surface area contributed by atoms with E-state index in [1.54, 1.807) is 47.4 Å². The van der Waals surface area contributed by atoms with Crippen LogP contribution < -0.4 is 4.90 Å². The molecule has 30 heavy (non-hydrogen) atoms. The average Bonchev–Trinajstić information content (AvgIpc) is 3.42. The lowest BCUT2D eigenvalue weighted by Crippen LogP contribution is -2.14. The molecule has 1 aromatic heterocycles. The maximum absolute atomic E-state index is 14.5. The highest BCUT2D eigenvalue weighted by Gasteiger charge is 2.24. The van der Waals surface area contributed by atoms with E-state index >= 15 is 0 Å². The predicted octanol–water partition coefficient (Wildman–Crippen LogP) is 4.78. The lowest BCUT2D eigenvalue weighted by atomic mass is 10.1. The zero-order valence-electron chi connectivity index (χ0n) is 16.7. The van der Waals surface area contributed by atoms with Gasteiger partial charge in [0, 0.05) is 37.3 Å². The Balaban J connectivity index is 0.00000256. The van der Waals surface area contributed by atoms with Crippen molar-refractivity contribution in [2.45, 2.75) is 17.7 Å². The van der Waals surface area contributed by atoms with Gasteiger partial charge < -0.3 is 4.90 Å². The van der Waals surface area contributed by atoms with Gasteiger partial charge in [-0.2, -0.15) is 0 Å². The molecule has 156 valence electrons. The fourth-order valence-electron chi connectivity index (χ4n) is 3.00. The van der Waals surface area contributed by atoms with E-state index in [9.17, 15) is 12.8 Å². The SMILES string of the molecule is CN(C)c1cc(-c2ccccc2F)n(S(=O)(=O)c2cccc(C#CC3CC3)c2)c1.Cl. The number of aromatic nitrogens is 1. The summed E-state index contributed by atoms with van der Waals surface area (Å²) in [6, 6.07) is 14.4. The molecule has 0 unspecified atom stereocenters. The van der Waals surface area contributed by atoms with Crippen molar-refractivity contribution in [3.8, 4) is 23.1 Å². The van der Waals surface area contributed by atoms with Crippen molar-refractivity contribution in [1.29, 1.82) is 0 Å². The van der Waals surface area contributed by atoms with E-state index in [0.29, 0.717) is 17.2 Å². The Morgan fingerprint density at radius 3 is 2.47 bits per heavy atom. The lowest BCUT2D eigenvalue weighted by Gasteiger charge is -2.11. The molecule has 0 radical (unpaired) electrons. The zero-order chi connectivity index (χ0) is 20.6. The highest BCUT2D eigenvalue weighted by atomic mass is 35.5. The molecule has 0 atom stereocenters. The Morgan fingerprint density at radius 2 is 1.80 bits per heavy atom. The number of anilines is 1. The van der Waals surface area contributed by atoms with Crippen LogP contribution in [0.25, 0.3) is 11.3 Å². The monoisotopic (exact) mass is 444 g/mol. The van der Waals surface area contributed by atoms with E-state index in [1.165, 1.54) is 18.3 Å². The summed E-state index contributed by atoms with van der Waals surface area (Å²) in [6.07, 6.45) is 3.72. The van der Waals surface area contributed by atoms with Gasteiger partial charge in [0.1, 0.15) is 5.82 Å². The summed E-state index contributed by atoms with van der Waals surface area (Å²) < 4.78 is 42.5. The van der Waals surface area contributed by atoms with Crippen molar-refractivity contribution in [1.82, 2.24) is 3.97 Å². The van der Waals surface area contributed by atoms with Gasteiger partial charge in [-0.3, -0.25) is 0 Å². The number of hydrogen-bond acceptors (Lipinski definition) is 3. The van der Waals surface area contributed by atoms with Crippen LogP contribution in [0, 0.1) is 23.6 Å². The Hall–Kier alpha value is -2.75. The van der Waals surface area contributed by atoms with Crippen molar-refractivity contribution in [2.24, 2.45) is 5.92 Å². The normalized spacial score (nSPS) is 13.2. The fraction of sp³-hybridized carbons (Fsp3) is 0.217. The van der Waals surface area contributed by atoms with Crippen LogP contribution in [0.4, 0.5) is 10.1 Å². The Labute approximate surface area is 182 Å². The van der Waals surface area contributed by atoms with Crippen LogP contribution >= 0.6 is 12.4 Å². The number of rotatable bonds is 4. The van der Waals surface area contributed by atoms with Crippen molar-refractivity contribution in [2.75, 3.05) is 19.0 Å². The first-order chi connectivity index (χ1) is 13.9. The third-order valence-electron chi connectivity index (χ3n) is 4.83. The minimum atomic E-state index is -3.94. The molecule has 0 N–H and O–H groups in total. The molecule has 2 aromatic carbocycles. The standard InChI is InChI=1S/C23H21FN2O2S.ClH/c1-25(2)19-15-23(21-8-3-4-9-22(21)24)26(16-19)29(27,28)20-7-5-6-18(14-20)13-12-17-10-11-17;/h3-9,14-17H,10-11H2,1-2H3;1H. The smallest absolute Gasteiger partial charge is 0.268 e. The van der Waals surface area contributed by atoms with Crippen LogP contribution in [0.5, 0.6) is 0 Å². The Kier molecular flexibility index (Phi) is 6.25. The van der Waals surface area contributed by atoms with Crippen molar-refractivity contribution in [3.63, 3.8) is 0 Å². The first-order valence-electron chi connectivity index (χ1n) is 9.38. The second-order valence-electron chi connectivity index (χ2n) is 7.33. The summed E-state index contributed by atoms with van der Waals surface area (Å²) in [7, 11) is -0.315. The predicted molar refractivity (Wildman–Crippen MR) is 120 cm³/mol. The van der Waals surface area contributed by atoms with Gasteiger partial charge in [0.25, 0.3) is 10.0 Å². The molecule has 0 amide bonds. The van der Waals surface area contributed by atoms with Gasteiger partial charge in [-0.15, -0.1) is 12.4 Å². The third kappa shape index (κ3) is 4.38. The van der Waals surface area contributed by atoms with Crippen molar-refractivity contribution in [3.05, 3.63) is 72.2 Å². The molecule has 0 spiro atoms. The average molecular weight is 445 g/mol. The second kappa shape index (κ2) is 8.55. The topological polar surface area (TPSA) is 42.3 Å². The van der Waals surface area contributed by atoms with E-state index < -0.39 is 15.8 Å². The van der Waals surface area contributed by atoms with Gasteiger partial charge in [-0.05, 0) is 49.2 Å². The van der Waals surface area contributed by atoms with Crippen LogP contribution in [-0.4, -0.2) is 26.5 Å². The molecule has 3 aromatic rings. The molecule has 4 nitrogen and oxygen atoms in total. The van der Waals surface area contributed by atoms with E-state index in [2.05, 4.69) is 11.8 Å². The third-order valence-corrected chi connectivity index (χ3v) is 6.50. The van der Waals surface area contributed by atoms with Gasteiger partial charge in [0.2, 0.25) is 0 Å². The summed E-state index contributed by atoms with van der Waals surface area (Å²) in [6.45, 7) is 0. The summed E-state index contributed by atoms with van der Waals surface area (Å²) in [4.78, 5) is 1.91. The quantitative estimate of drug-likeness (QED) is 0.544. The molecule has 1 heterocycles. The molecular weight excluding hydrogens is 423 g/mol. The fourth-order valence-corrected chi connectivity index (χ4v) is 4.41. The van der Waals surface area contributed by atoms with Crippen LogP contribution in [0.3, 0.4) is 0 Å². The second-order valence-corrected chi connectivity index (χ2v) is 9.15. The number of nitrogens with zero attached hydrogens (tertiary/aromatic N) is 2. The minimum absolute atomic E-state index is 0. The summed E-state index contributed by atoms with van der Waals surface area (Å²) in [5.74, 6) is 6.16. The van der Waals surface area contributed by atoms with Crippen molar-refractivity contribution >= 4 is 28.1 Å². The largest absolute Gasteiger partial charge is 0.376 e. The molecule has 1 fully saturated rings. The number of halogens is 2. The minimum Gasteiger partial charge on any atom is -0.376 e. The molecular formula is C23H22ClFN2O2S. The molecule has 0 saturated heterocycles. The molecule has 4 rings (SSSR count). The zero-order valence-corrected chi connectivity index (χ0v) is 18.3.